The molecular formula is C29H33F3N8O3. The van der Waals surface area contributed by atoms with Gasteiger partial charge in [0, 0.05) is 88.1 Å². The van der Waals surface area contributed by atoms with Gasteiger partial charge in [-0.2, -0.15) is 5.10 Å². The number of benzene rings is 1. The number of rotatable bonds is 10. The molecule has 4 heterocycles. The van der Waals surface area contributed by atoms with Crippen LogP contribution < -0.4 is 9.64 Å². The van der Waals surface area contributed by atoms with Crippen molar-refractivity contribution in [1.29, 1.82) is 0 Å². The molecule has 0 atom stereocenters. The summed E-state index contributed by atoms with van der Waals surface area (Å²) in [6.45, 7) is 7.76. The van der Waals surface area contributed by atoms with Gasteiger partial charge < -0.3 is 14.4 Å². The van der Waals surface area contributed by atoms with Gasteiger partial charge in [0.05, 0.1) is 30.4 Å². The third-order valence-electron chi connectivity index (χ3n) is 7.53. The Morgan fingerprint density at radius 1 is 1.05 bits per heavy atom. The summed E-state index contributed by atoms with van der Waals surface area (Å²) in [4.78, 5) is 22.1. The number of Topliss-reactive ketones (excluding diaryl/α,β-unsaturated/α-hetero) is 1. The van der Waals surface area contributed by atoms with Crippen molar-refractivity contribution in [2.24, 2.45) is 7.05 Å². The number of anilines is 1. The SMILES string of the molecule is COCCN1CCN(c2cc(OC(F)(F)F)cc(C(=O)Cc3cnc(C)c(-n4cc(-c5cnn(C)c5C)nn4)c3)c2)CC1. The molecule has 3 aromatic heterocycles. The van der Waals surface area contributed by atoms with Crippen LogP contribution in [0.1, 0.15) is 27.3 Å². The smallest absolute Gasteiger partial charge is 0.406 e. The number of carbonyl (C=O) groups is 1. The summed E-state index contributed by atoms with van der Waals surface area (Å²) in [6, 6.07) is 5.87. The first kappa shape index (κ1) is 30.2. The van der Waals surface area contributed by atoms with Gasteiger partial charge in [0.25, 0.3) is 0 Å². The number of nitrogens with zero attached hydrogens (tertiary/aromatic N) is 8. The van der Waals surface area contributed by atoms with Gasteiger partial charge in [-0.25, -0.2) is 4.68 Å². The van der Waals surface area contributed by atoms with Crippen LogP contribution in [0.5, 0.6) is 5.75 Å². The minimum Gasteiger partial charge on any atom is -0.406 e. The van der Waals surface area contributed by atoms with Crippen molar-refractivity contribution in [2.45, 2.75) is 26.6 Å². The number of aromatic nitrogens is 6. The first-order chi connectivity index (χ1) is 20.5. The van der Waals surface area contributed by atoms with E-state index in [-0.39, 0.29) is 17.8 Å². The number of pyridine rings is 1. The van der Waals surface area contributed by atoms with Gasteiger partial charge in [-0.15, -0.1) is 18.3 Å². The number of halogens is 3. The highest BCUT2D eigenvalue weighted by Gasteiger charge is 2.32. The lowest BCUT2D eigenvalue weighted by Gasteiger charge is -2.36. The molecule has 1 aliphatic heterocycles. The van der Waals surface area contributed by atoms with E-state index in [1.807, 2.05) is 25.8 Å². The lowest BCUT2D eigenvalue weighted by molar-refractivity contribution is -0.274. The number of methoxy groups -OCH3 is 1. The average Bonchev–Trinajstić information content (AvgIpc) is 3.58. The number of carbonyl (C=O) groups excluding carboxylic acids is 1. The van der Waals surface area contributed by atoms with E-state index in [1.165, 1.54) is 6.07 Å². The van der Waals surface area contributed by atoms with Crippen molar-refractivity contribution < 1.29 is 27.4 Å². The zero-order valence-corrected chi connectivity index (χ0v) is 24.4. The third-order valence-corrected chi connectivity index (χ3v) is 7.53. The van der Waals surface area contributed by atoms with E-state index in [4.69, 9.17) is 4.74 Å². The lowest BCUT2D eigenvalue weighted by atomic mass is 10.0. The van der Waals surface area contributed by atoms with E-state index in [1.54, 1.807) is 47.2 Å². The third kappa shape index (κ3) is 7.20. The van der Waals surface area contributed by atoms with Crippen molar-refractivity contribution in [3.8, 4) is 22.7 Å². The Balaban J connectivity index is 1.37. The van der Waals surface area contributed by atoms with Crippen molar-refractivity contribution in [3.63, 3.8) is 0 Å². The van der Waals surface area contributed by atoms with Gasteiger partial charge in [-0.1, -0.05) is 5.21 Å². The fourth-order valence-electron chi connectivity index (χ4n) is 5.00. The Morgan fingerprint density at radius 3 is 2.49 bits per heavy atom. The fourth-order valence-corrected chi connectivity index (χ4v) is 5.00. The molecule has 0 unspecified atom stereocenters. The van der Waals surface area contributed by atoms with Crippen molar-refractivity contribution in [1.82, 2.24) is 34.7 Å². The van der Waals surface area contributed by atoms with E-state index in [0.717, 1.165) is 37.0 Å². The first-order valence-electron chi connectivity index (χ1n) is 13.8. The van der Waals surface area contributed by atoms with Crippen LogP contribution in [0.4, 0.5) is 18.9 Å². The summed E-state index contributed by atoms with van der Waals surface area (Å²) in [5.74, 6) is -0.798. The molecule has 1 aromatic carbocycles. The maximum absolute atomic E-state index is 13.4. The van der Waals surface area contributed by atoms with Gasteiger partial charge in [-0.05, 0) is 37.6 Å². The average molecular weight is 599 g/mol. The maximum Gasteiger partial charge on any atom is 0.573 e. The van der Waals surface area contributed by atoms with Gasteiger partial charge in [0.2, 0.25) is 0 Å². The number of aryl methyl sites for hydroxylation is 2. The zero-order valence-electron chi connectivity index (χ0n) is 24.4. The van der Waals surface area contributed by atoms with Crippen LogP contribution in [-0.4, -0.2) is 93.2 Å². The van der Waals surface area contributed by atoms with Crippen LogP contribution in [-0.2, 0) is 18.2 Å². The van der Waals surface area contributed by atoms with Crippen LogP contribution >= 0.6 is 0 Å². The molecule has 11 nitrogen and oxygen atoms in total. The molecule has 1 fully saturated rings. The summed E-state index contributed by atoms with van der Waals surface area (Å²) in [7, 11) is 3.49. The number of ether oxygens (including phenoxy) is 2. The molecule has 43 heavy (non-hydrogen) atoms. The standard InChI is InChI=1S/C29H33F3N8O3/c1-19-27(40-18-26(35-36-40)25-17-34-37(3)20(25)2)11-21(16-33-19)12-28(41)22-13-23(15-24(14-22)43-29(30,31)32)39-7-5-38(6-8-39)9-10-42-4/h11,13-18H,5-10,12H2,1-4H3. The summed E-state index contributed by atoms with van der Waals surface area (Å²) >= 11 is 0. The predicted molar refractivity (Wildman–Crippen MR) is 153 cm³/mol. The second-order valence-corrected chi connectivity index (χ2v) is 10.4. The van der Waals surface area contributed by atoms with Crippen LogP contribution in [0.3, 0.4) is 0 Å². The van der Waals surface area contributed by atoms with Gasteiger partial charge in [0.15, 0.2) is 5.78 Å². The summed E-state index contributed by atoms with van der Waals surface area (Å²) in [6.07, 6.45) is 0.0901. The van der Waals surface area contributed by atoms with Crippen molar-refractivity contribution >= 4 is 11.5 Å². The first-order valence-corrected chi connectivity index (χ1v) is 13.8. The Labute approximate surface area is 246 Å². The predicted octanol–water partition coefficient (Wildman–Crippen LogP) is 3.77. The molecule has 0 radical (unpaired) electrons. The fraction of sp³-hybridized carbons (Fsp3) is 0.414. The number of piperazine rings is 1. The second-order valence-electron chi connectivity index (χ2n) is 10.4. The molecule has 4 aromatic rings. The Hall–Kier alpha value is -4.30. The van der Waals surface area contributed by atoms with Crippen molar-refractivity contribution in [3.05, 3.63) is 65.4 Å². The summed E-state index contributed by atoms with van der Waals surface area (Å²) < 4.78 is 52.2. The van der Waals surface area contributed by atoms with E-state index in [0.29, 0.717) is 48.0 Å². The molecule has 0 N–H and O–H groups in total. The maximum atomic E-state index is 13.4. The molecule has 1 aliphatic rings. The number of hydrogen-bond acceptors (Lipinski definition) is 9. The highest BCUT2D eigenvalue weighted by Crippen LogP contribution is 2.30. The van der Waals surface area contributed by atoms with E-state index >= 15 is 0 Å². The molecule has 1 saturated heterocycles. The molecule has 228 valence electrons. The quantitative estimate of drug-likeness (QED) is 0.253. The summed E-state index contributed by atoms with van der Waals surface area (Å²) in [5.41, 5.74) is 4.92. The molecule has 0 saturated carbocycles. The molecule has 0 amide bonds. The van der Waals surface area contributed by atoms with Crippen LogP contribution in [0.2, 0.25) is 0 Å². The normalized spacial score (nSPS) is 14.3. The molecule has 0 aliphatic carbocycles. The lowest BCUT2D eigenvalue weighted by Crippen LogP contribution is -2.47. The van der Waals surface area contributed by atoms with E-state index < -0.39 is 12.1 Å². The molecular weight excluding hydrogens is 565 g/mol. The van der Waals surface area contributed by atoms with Gasteiger partial charge in [0.1, 0.15) is 11.4 Å². The van der Waals surface area contributed by atoms with Crippen LogP contribution in [0.15, 0.2) is 42.9 Å². The van der Waals surface area contributed by atoms with Crippen LogP contribution in [0, 0.1) is 13.8 Å². The highest BCUT2D eigenvalue weighted by molar-refractivity contribution is 5.98. The molecule has 14 heteroatoms. The second kappa shape index (κ2) is 12.5. The topological polar surface area (TPSA) is 103 Å². The Kier molecular flexibility index (Phi) is 8.78. The molecule has 5 rings (SSSR count). The minimum absolute atomic E-state index is 0.0801. The highest BCUT2D eigenvalue weighted by atomic mass is 19.4. The number of hydrogen-bond donors (Lipinski definition) is 0. The number of ketones is 1. The van der Waals surface area contributed by atoms with E-state index in [9.17, 15) is 18.0 Å². The van der Waals surface area contributed by atoms with Crippen LogP contribution in [0.25, 0.3) is 16.9 Å². The monoisotopic (exact) mass is 598 g/mol. The van der Waals surface area contributed by atoms with E-state index in [2.05, 4.69) is 30.0 Å². The minimum atomic E-state index is -4.89. The van der Waals surface area contributed by atoms with Gasteiger partial charge in [-0.3, -0.25) is 19.4 Å². The van der Waals surface area contributed by atoms with Crippen molar-refractivity contribution in [2.75, 3.05) is 51.3 Å². The Morgan fingerprint density at radius 2 is 1.81 bits per heavy atom. The van der Waals surface area contributed by atoms with Gasteiger partial charge >= 0.3 is 6.36 Å². The molecule has 0 bridgehead atoms. The Bertz CT molecular complexity index is 1590. The number of alkyl halides is 3. The molecule has 0 spiro atoms. The zero-order chi connectivity index (χ0) is 30.7. The summed E-state index contributed by atoms with van der Waals surface area (Å²) in [5, 5.41) is 12.8. The largest absolute Gasteiger partial charge is 0.573 e.